The standard InChI is InChI=1S/C25H38N2O5S/c1-5-8-9-12-26(11-6-2)23(30)21-25-17(4)16-18(33-25)19(24(31)32-15-7-3)20(25)22(29)27(21)13-10-14-28/h6-7,17-21,28H,2-3,5,8-16H2,1,4H3/t17?,18-,19+,20-,21?,25?/m0/s1. The molecule has 0 saturated carbocycles. The van der Waals surface area contributed by atoms with Crippen LogP contribution in [0.15, 0.2) is 25.3 Å². The summed E-state index contributed by atoms with van der Waals surface area (Å²) in [5, 5.41) is 9.43. The van der Waals surface area contributed by atoms with Crippen molar-refractivity contribution in [2.45, 2.75) is 62.0 Å². The van der Waals surface area contributed by atoms with Crippen LogP contribution < -0.4 is 0 Å². The summed E-state index contributed by atoms with van der Waals surface area (Å²) in [4.78, 5) is 44.3. The summed E-state index contributed by atoms with van der Waals surface area (Å²) in [6.07, 6.45) is 7.39. The zero-order chi connectivity index (χ0) is 24.2. The van der Waals surface area contributed by atoms with Crippen LogP contribution in [0.3, 0.4) is 0 Å². The number of carbonyl (C=O) groups is 3. The number of likely N-dealkylation sites (tertiary alicyclic amines) is 1. The van der Waals surface area contributed by atoms with Crippen molar-refractivity contribution in [3.63, 3.8) is 0 Å². The van der Waals surface area contributed by atoms with Crippen molar-refractivity contribution in [2.75, 3.05) is 32.8 Å². The van der Waals surface area contributed by atoms with Crippen LogP contribution in [0.2, 0.25) is 0 Å². The third kappa shape index (κ3) is 4.48. The number of fused-ring (bicyclic) bond motifs is 1. The molecule has 3 aliphatic rings. The van der Waals surface area contributed by atoms with Crippen molar-refractivity contribution < 1.29 is 24.2 Å². The number of hydrogen-bond donors (Lipinski definition) is 1. The number of aliphatic hydroxyl groups is 1. The predicted octanol–water partition coefficient (Wildman–Crippen LogP) is 2.64. The number of carbonyl (C=O) groups excluding carboxylic acids is 3. The maximum absolute atomic E-state index is 14.0. The van der Waals surface area contributed by atoms with Crippen LogP contribution in [0.5, 0.6) is 0 Å². The number of thioether (sulfide) groups is 1. The molecule has 3 aliphatic heterocycles. The number of hydrogen-bond acceptors (Lipinski definition) is 6. The Hall–Kier alpha value is -1.80. The van der Waals surface area contributed by atoms with Crippen LogP contribution in [-0.4, -0.2) is 81.6 Å². The van der Waals surface area contributed by atoms with E-state index in [1.807, 2.05) is 4.90 Å². The molecule has 3 heterocycles. The minimum absolute atomic E-state index is 0.0329. The van der Waals surface area contributed by atoms with Gasteiger partial charge in [0, 0.05) is 31.5 Å². The van der Waals surface area contributed by atoms with Crippen LogP contribution >= 0.6 is 11.8 Å². The molecule has 3 saturated heterocycles. The minimum Gasteiger partial charge on any atom is -0.461 e. The summed E-state index contributed by atoms with van der Waals surface area (Å²) < 4.78 is 4.73. The van der Waals surface area contributed by atoms with E-state index < -0.39 is 22.6 Å². The molecule has 1 N–H and O–H groups in total. The van der Waals surface area contributed by atoms with E-state index in [2.05, 4.69) is 27.0 Å². The summed E-state index contributed by atoms with van der Waals surface area (Å²) in [5.41, 5.74) is 0. The number of aliphatic hydroxyl groups excluding tert-OH is 1. The van der Waals surface area contributed by atoms with Crippen LogP contribution in [-0.2, 0) is 19.1 Å². The molecule has 0 radical (unpaired) electrons. The largest absolute Gasteiger partial charge is 0.461 e. The fraction of sp³-hybridized carbons (Fsp3) is 0.720. The maximum Gasteiger partial charge on any atom is 0.311 e. The summed E-state index contributed by atoms with van der Waals surface area (Å²) in [5.74, 6) is -1.63. The van der Waals surface area contributed by atoms with Crippen LogP contribution in [0.4, 0.5) is 0 Å². The predicted molar refractivity (Wildman–Crippen MR) is 130 cm³/mol. The van der Waals surface area contributed by atoms with Gasteiger partial charge in [-0.25, -0.2) is 0 Å². The van der Waals surface area contributed by atoms with Gasteiger partial charge in [-0.05, 0) is 25.2 Å². The van der Waals surface area contributed by atoms with Gasteiger partial charge in [-0.1, -0.05) is 45.4 Å². The van der Waals surface area contributed by atoms with Gasteiger partial charge in [-0.15, -0.1) is 18.3 Å². The molecular formula is C25H38N2O5S. The monoisotopic (exact) mass is 478 g/mol. The first kappa shape index (κ1) is 25.8. The molecular weight excluding hydrogens is 440 g/mol. The Balaban J connectivity index is 1.99. The third-order valence-corrected chi connectivity index (χ3v) is 9.42. The van der Waals surface area contributed by atoms with E-state index in [0.29, 0.717) is 26.1 Å². The molecule has 3 fully saturated rings. The molecule has 1 spiro atoms. The molecule has 3 rings (SSSR count). The Kier molecular flexibility index (Phi) is 8.67. The third-order valence-electron chi connectivity index (χ3n) is 7.34. The highest BCUT2D eigenvalue weighted by Crippen LogP contribution is 2.68. The van der Waals surface area contributed by atoms with E-state index in [-0.39, 0.29) is 42.2 Å². The summed E-state index contributed by atoms with van der Waals surface area (Å²) in [7, 11) is 0. The van der Waals surface area contributed by atoms with Crippen LogP contribution in [0, 0.1) is 17.8 Å². The number of ether oxygens (including phenoxy) is 1. The fourth-order valence-corrected chi connectivity index (χ4v) is 8.36. The lowest BCUT2D eigenvalue weighted by Gasteiger charge is -2.40. The molecule has 0 aromatic heterocycles. The SMILES string of the molecule is C=CCOC(=O)[C@@H]1[C@@H]2CC(C)C3(S2)C(C(=O)N(CC=C)CCCCC)N(CCCO)C(=O)[C@H]13. The first-order valence-corrected chi connectivity index (χ1v) is 13.0. The van der Waals surface area contributed by atoms with Gasteiger partial charge in [0.2, 0.25) is 11.8 Å². The molecule has 8 heteroatoms. The van der Waals surface area contributed by atoms with E-state index in [1.54, 1.807) is 22.7 Å². The highest BCUT2D eigenvalue weighted by Gasteiger charge is 2.76. The molecule has 2 amide bonds. The number of rotatable bonds is 13. The second kappa shape index (κ2) is 11.1. The lowest BCUT2D eigenvalue weighted by Crippen LogP contribution is -2.57. The molecule has 0 aromatic carbocycles. The normalized spacial score (nSPS) is 32.0. The van der Waals surface area contributed by atoms with Gasteiger partial charge in [-0.2, -0.15) is 0 Å². The molecule has 3 unspecified atom stereocenters. The lowest BCUT2D eigenvalue weighted by molar-refractivity contribution is -0.153. The van der Waals surface area contributed by atoms with E-state index in [1.165, 1.54) is 6.08 Å². The van der Waals surface area contributed by atoms with Crippen LogP contribution in [0.1, 0.15) is 46.0 Å². The molecule has 33 heavy (non-hydrogen) atoms. The molecule has 2 bridgehead atoms. The van der Waals surface area contributed by atoms with E-state index in [9.17, 15) is 19.5 Å². The van der Waals surface area contributed by atoms with Crippen molar-refractivity contribution in [1.29, 1.82) is 0 Å². The first-order chi connectivity index (χ1) is 15.9. The summed E-state index contributed by atoms with van der Waals surface area (Å²) in [6, 6.07) is -0.648. The van der Waals surface area contributed by atoms with Crippen molar-refractivity contribution in [1.82, 2.24) is 9.80 Å². The minimum atomic E-state index is -0.656. The van der Waals surface area contributed by atoms with Gasteiger partial charge < -0.3 is 19.6 Å². The number of esters is 1. The Bertz CT molecular complexity index is 774. The van der Waals surface area contributed by atoms with Gasteiger partial charge in [0.1, 0.15) is 12.6 Å². The lowest BCUT2D eigenvalue weighted by atomic mass is 9.66. The Morgan fingerprint density at radius 1 is 1.30 bits per heavy atom. The molecule has 184 valence electrons. The highest BCUT2D eigenvalue weighted by molar-refractivity contribution is 8.02. The Morgan fingerprint density at radius 2 is 2.06 bits per heavy atom. The van der Waals surface area contributed by atoms with Crippen molar-refractivity contribution in [2.24, 2.45) is 17.8 Å². The average Bonchev–Trinajstić information content (AvgIpc) is 3.39. The smallest absolute Gasteiger partial charge is 0.311 e. The fourth-order valence-electron chi connectivity index (χ4n) is 5.96. The van der Waals surface area contributed by atoms with Gasteiger partial charge in [0.25, 0.3) is 0 Å². The average molecular weight is 479 g/mol. The molecule has 0 aromatic rings. The van der Waals surface area contributed by atoms with Gasteiger partial charge >= 0.3 is 5.97 Å². The highest BCUT2D eigenvalue weighted by atomic mass is 32.2. The van der Waals surface area contributed by atoms with Crippen molar-refractivity contribution in [3.05, 3.63) is 25.3 Å². The first-order valence-electron chi connectivity index (χ1n) is 12.1. The number of nitrogens with zero attached hydrogens (tertiary/aromatic N) is 2. The van der Waals surface area contributed by atoms with Crippen LogP contribution in [0.25, 0.3) is 0 Å². The summed E-state index contributed by atoms with van der Waals surface area (Å²) in [6.45, 7) is 13.0. The van der Waals surface area contributed by atoms with E-state index >= 15 is 0 Å². The van der Waals surface area contributed by atoms with Gasteiger partial charge in [0.15, 0.2) is 0 Å². The Morgan fingerprint density at radius 3 is 2.70 bits per heavy atom. The van der Waals surface area contributed by atoms with Gasteiger partial charge in [-0.3, -0.25) is 14.4 Å². The second-order valence-electron chi connectivity index (χ2n) is 9.36. The Labute approximate surface area is 201 Å². The van der Waals surface area contributed by atoms with Crippen molar-refractivity contribution in [3.8, 4) is 0 Å². The van der Waals surface area contributed by atoms with Crippen molar-refractivity contribution >= 4 is 29.5 Å². The molecule has 6 atom stereocenters. The zero-order valence-electron chi connectivity index (χ0n) is 19.9. The molecule has 0 aliphatic carbocycles. The van der Waals surface area contributed by atoms with Gasteiger partial charge in [0.05, 0.1) is 16.6 Å². The van der Waals surface area contributed by atoms with E-state index in [4.69, 9.17) is 4.74 Å². The summed E-state index contributed by atoms with van der Waals surface area (Å²) >= 11 is 1.64. The number of unbranched alkanes of at least 4 members (excludes halogenated alkanes) is 2. The topological polar surface area (TPSA) is 87.2 Å². The molecule has 7 nitrogen and oxygen atoms in total. The van der Waals surface area contributed by atoms with E-state index in [0.717, 1.165) is 25.7 Å². The second-order valence-corrected chi connectivity index (χ2v) is 10.9. The number of amides is 2. The quantitative estimate of drug-likeness (QED) is 0.249. The zero-order valence-corrected chi connectivity index (χ0v) is 20.7. The maximum atomic E-state index is 14.0.